The summed E-state index contributed by atoms with van der Waals surface area (Å²) >= 11 is 5.39. The van der Waals surface area contributed by atoms with E-state index in [0.29, 0.717) is 40.2 Å². The van der Waals surface area contributed by atoms with Gasteiger partial charge in [0.25, 0.3) is 0 Å². The first-order valence-corrected chi connectivity index (χ1v) is 8.11. The Bertz CT molecular complexity index is 707. The van der Waals surface area contributed by atoms with Gasteiger partial charge in [-0.3, -0.25) is 0 Å². The maximum atomic E-state index is 11.9. The standard InChI is InChI=1S/C17H22N2O5S/c1-6-19-14(13(16(20)21)9(2)18-17(19)25)10-7-11(22-3)15(24-5)12(8-10)23-4/h7-8,14H,6H2,1-5H3,(H,18,25)(H,20,21). The molecule has 0 bridgehead atoms. The first-order chi connectivity index (χ1) is 11.9. The van der Waals surface area contributed by atoms with Crippen LogP contribution in [-0.2, 0) is 4.79 Å². The second-order valence-corrected chi connectivity index (χ2v) is 5.81. The maximum absolute atomic E-state index is 11.9. The number of carboxylic acids is 1. The van der Waals surface area contributed by atoms with Gasteiger partial charge in [-0.15, -0.1) is 0 Å². The van der Waals surface area contributed by atoms with Crippen LogP contribution in [0.15, 0.2) is 23.4 Å². The van der Waals surface area contributed by atoms with Crippen molar-refractivity contribution in [2.75, 3.05) is 27.9 Å². The third-order valence-electron chi connectivity index (χ3n) is 4.12. The van der Waals surface area contributed by atoms with E-state index >= 15 is 0 Å². The van der Waals surface area contributed by atoms with Crippen LogP contribution < -0.4 is 19.5 Å². The summed E-state index contributed by atoms with van der Waals surface area (Å²) in [7, 11) is 4.56. The van der Waals surface area contributed by atoms with E-state index in [0.717, 1.165) is 0 Å². The molecule has 1 aromatic carbocycles. The molecule has 136 valence electrons. The van der Waals surface area contributed by atoms with E-state index in [-0.39, 0.29) is 5.57 Å². The number of nitrogens with zero attached hydrogens (tertiary/aromatic N) is 1. The average Bonchev–Trinajstić information content (AvgIpc) is 2.59. The van der Waals surface area contributed by atoms with Crippen molar-refractivity contribution in [3.8, 4) is 17.2 Å². The molecule has 7 nitrogen and oxygen atoms in total. The van der Waals surface area contributed by atoms with Gasteiger partial charge in [0.05, 0.1) is 32.9 Å². The van der Waals surface area contributed by atoms with Gasteiger partial charge in [0.1, 0.15) is 0 Å². The Labute approximate surface area is 152 Å². The lowest BCUT2D eigenvalue weighted by Crippen LogP contribution is -2.48. The van der Waals surface area contributed by atoms with Crippen molar-refractivity contribution in [1.29, 1.82) is 0 Å². The Hall–Kier alpha value is -2.48. The highest BCUT2D eigenvalue weighted by molar-refractivity contribution is 7.80. The number of thiocarbonyl (C=S) groups is 1. The lowest BCUT2D eigenvalue weighted by atomic mass is 9.93. The normalized spacial score (nSPS) is 17.2. The molecule has 0 amide bonds. The number of hydrogen-bond donors (Lipinski definition) is 2. The molecule has 0 spiro atoms. The minimum absolute atomic E-state index is 0.227. The zero-order valence-corrected chi connectivity index (χ0v) is 15.7. The first kappa shape index (κ1) is 18.9. The molecule has 1 atom stereocenters. The van der Waals surface area contributed by atoms with E-state index in [1.54, 1.807) is 19.1 Å². The van der Waals surface area contributed by atoms with Crippen molar-refractivity contribution in [2.45, 2.75) is 19.9 Å². The molecule has 1 aliphatic rings. The summed E-state index contributed by atoms with van der Waals surface area (Å²) in [5.74, 6) is 0.357. The Morgan fingerprint density at radius 1 is 1.24 bits per heavy atom. The van der Waals surface area contributed by atoms with Crippen LogP contribution >= 0.6 is 12.2 Å². The van der Waals surface area contributed by atoms with Crippen molar-refractivity contribution in [1.82, 2.24) is 10.2 Å². The van der Waals surface area contributed by atoms with Crippen molar-refractivity contribution in [3.63, 3.8) is 0 Å². The smallest absolute Gasteiger partial charge is 0.335 e. The van der Waals surface area contributed by atoms with E-state index < -0.39 is 12.0 Å². The molecular weight excluding hydrogens is 344 g/mol. The van der Waals surface area contributed by atoms with E-state index in [1.165, 1.54) is 21.3 Å². The van der Waals surface area contributed by atoms with Crippen molar-refractivity contribution in [2.24, 2.45) is 0 Å². The molecule has 1 unspecified atom stereocenters. The monoisotopic (exact) mass is 366 g/mol. The number of methoxy groups -OCH3 is 3. The molecule has 0 radical (unpaired) electrons. The zero-order valence-electron chi connectivity index (χ0n) is 14.9. The molecule has 0 saturated carbocycles. The van der Waals surface area contributed by atoms with Gasteiger partial charge in [0.15, 0.2) is 16.6 Å². The molecule has 8 heteroatoms. The lowest BCUT2D eigenvalue weighted by molar-refractivity contribution is -0.133. The molecule has 25 heavy (non-hydrogen) atoms. The Morgan fingerprint density at radius 2 is 1.80 bits per heavy atom. The number of carbonyl (C=O) groups is 1. The number of aliphatic carboxylic acids is 1. The highest BCUT2D eigenvalue weighted by atomic mass is 32.1. The topological polar surface area (TPSA) is 80.3 Å². The summed E-state index contributed by atoms with van der Waals surface area (Å²) < 4.78 is 16.1. The molecule has 2 rings (SSSR count). The third kappa shape index (κ3) is 3.34. The number of hydrogen-bond acceptors (Lipinski definition) is 5. The number of benzene rings is 1. The molecule has 1 aromatic rings. The quantitative estimate of drug-likeness (QED) is 0.743. The fourth-order valence-corrected chi connectivity index (χ4v) is 3.37. The van der Waals surface area contributed by atoms with Gasteiger partial charge in [-0.2, -0.15) is 0 Å². The molecular formula is C17H22N2O5S. The van der Waals surface area contributed by atoms with Gasteiger partial charge < -0.3 is 29.5 Å². The molecule has 0 aromatic heterocycles. The minimum atomic E-state index is -1.01. The summed E-state index contributed by atoms with van der Waals surface area (Å²) in [4.78, 5) is 13.7. The highest BCUT2D eigenvalue weighted by Crippen LogP contribution is 2.43. The Kier molecular flexibility index (Phi) is 5.73. The largest absolute Gasteiger partial charge is 0.493 e. The van der Waals surface area contributed by atoms with Crippen LogP contribution in [0.25, 0.3) is 0 Å². The second kappa shape index (κ2) is 7.60. The summed E-state index contributed by atoms with van der Waals surface area (Å²) in [6, 6.07) is 2.93. The molecule has 0 saturated heterocycles. The van der Waals surface area contributed by atoms with Crippen LogP contribution in [0, 0.1) is 0 Å². The van der Waals surface area contributed by atoms with Crippen LogP contribution in [0.5, 0.6) is 17.2 Å². The van der Waals surface area contributed by atoms with Crippen LogP contribution in [0.2, 0.25) is 0 Å². The number of nitrogens with one attached hydrogen (secondary N) is 1. The first-order valence-electron chi connectivity index (χ1n) is 7.71. The van der Waals surface area contributed by atoms with Crippen LogP contribution in [0.1, 0.15) is 25.5 Å². The summed E-state index contributed by atoms with van der Waals surface area (Å²) in [6.45, 7) is 4.16. The van der Waals surface area contributed by atoms with Crippen LogP contribution in [-0.4, -0.2) is 49.0 Å². The van der Waals surface area contributed by atoms with Crippen molar-refractivity contribution < 1.29 is 24.1 Å². The van der Waals surface area contributed by atoms with Gasteiger partial charge in [-0.05, 0) is 43.8 Å². The summed E-state index contributed by atoms with van der Waals surface area (Å²) in [6.07, 6.45) is 0. The number of allylic oxidation sites excluding steroid dienone is 1. The molecule has 2 N–H and O–H groups in total. The molecule has 1 aliphatic heterocycles. The number of likely N-dealkylation sites (N-methyl/N-ethyl adjacent to an activating group) is 1. The van der Waals surface area contributed by atoms with Gasteiger partial charge >= 0.3 is 5.97 Å². The van der Waals surface area contributed by atoms with E-state index in [9.17, 15) is 9.90 Å². The lowest BCUT2D eigenvalue weighted by Gasteiger charge is -2.39. The summed E-state index contributed by atoms with van der Waals surface area (Å²) in [5, 5.41) is 13.2. The molecule has 0 fully saturated rings. The SMILES string of the molecule is CCN1C(=S)NC(C)=C(C(=O)O)C1c1cc(OC)c(OC)c(OC)c1. The van der Waals surface area contributed by atoms with Gasteiger partial charge in [-0.25, -0.2) is 4.79 Å². The average molecular weight is 366 g/mol. The zero-order chi connectivity index (χ0) is 18.7. The fraction of sp³-hybridized carbons (Fsp3) is 0.412. The van der Waals surface area contributed by atoms with E-state index in [1.807, 2.05) is 11.8 Å². The predicted octanol–water partition coefficient (Wildman–Crippen LogP) is 2.32. The molecule has 0 aliphatic carbocycles. The van der Waals surface area contributed by atoms with E-state index in [4.69, 9.17) is 26.4 Å². The van der Waals surface area contributed by atoms with Gasteiger partial charge in [0, 0.05) is 12.2 Å². The van der Waals surface area contributed by atoms with Crippen molar-refractivity contribution in [3.05, 3.63) is 29.0 Å². The number of carboxylic acid groups (broad SMARTS) is 1. The third-order valence-corrected chi connectivity index (χ3v) is 4.45. The second-order valence-electron chi connectivity index (χ2n) is 5.42. The van der Waals surface area contributed by atoms with E-state index in [2.05, 4.69) is 5.32 Å². The number of rotatable bonds is 6. The predicted molar refractivity (Wildman–Crippen MR) is 97.3 cm³/mol. The highest BCUT2D eigenvalue weighted by Gasteiger charge is 2.36. The van der Waals surface area contributed by atoms with Crippen molar-refractivity contribution >= 4 is 23.3 Å². The Balaban J connectivity index is 2.72. The van der Waals surface area contributed by atoms with Crippen LogP contribution in [0.4, 0.5) is 0 Å². The van der Waals surface area contributed by atoms with Gasteiger partial charge in [0.2, 0.25) is 5.75 Å². The molecule has 1 heterocycles. The summed E-state index contributed by atoms with van der Waals surface area (Å²) in [5.41, 5.74) is 1.43. The van der Waals surface area contributed by atoms with Gasteiger partial charge in [-0.1, -0.05) is 0 Å². The fourth-order valence-electron chi connectivity index (χ4n) is 2.99. The minimum Gasteiger partial charge on any atom is -0.493 e. The van der Waals surface area contributed by atoms with Crippen LogP contribution in [0.3, 0.4) is 0 Å². The number of ether oxygens (including phenoxy) is 3. The maximum Gasteiger partial charge on any atom is 0.335 e. The Morgan fingerprint density at radius 3 is 2.20 bits per heavy atom.